The topological polar surface area (TPSA) is 15.3 Å². The average molecular weight is 204 g/mol. The molecule has 82 valence electrons. The van der Waals surface area contributed by atoms with Gasteiger partial charge in [0.1, 0.15) is 0 Å². The Balaban J connectivity index is 1.79. The fourth-order valence-electron chi connectivity index (χ4n) is 1.96. The minimum absolute atomic E-state index is 0.959. The lowest BCUT2D eigenvalue weighted by atomic mass is 10.1. The molecule has 1 aliphatic heterocycles. The highest BCUT2D eigenvalue weighted by molar-refractivity contribution is 5.20. The predicted molar refractivity (Wildman–Crippen MR) is 63.4 cm³/mol. The fourth-order valence-corrected chi connectivity index (χ4v) is 1.96. The van der Waals surface area contributed by atoms with Crippen LogP contribution in [0.4, 0.5) is 0 Å². The fraction of sp³-hybridized carbons (Fsp3) is 0.538. The molecule has 1 aromatic carbocycles. The van der Waals surface area contributed by atoms with Crippen LogP contribution in [0.5, 0.6) is 0 Å². The second-order valence-corrected chi connectivity index (χ2v) is 4.37. The summed E-state index contributed by atoms with van der Waals surface area (Å²) in [7, 11) is 0. The van der Waals surface area contributed by atoms with Crippen molar-refractivity contribution in [3.05, 3.63) is 35.4 Å². The Morgan fingerprint density at radius 1 is 1.07 bits per heavy atom. The third kappa shape index (κ3) is 3.33. The van der Waals surface area contributed by atoms with Crippen LogP contribution in [0, 0.1) is 6.92 Å². The molecule has 1 aliphatic rings. The molecule has 1 fully saturated rings. The molecule has 1 aromatic rings. The first-order valence-electron chi connectivity index (χ1n) is 5.88. The van der Waals surface area contributed by atoms with Crippen molar-refractivity contribution in [1.82, 2.24) is 10.4 Å². The summed E-state index contributed by atoms with van der Waals surface area (Å²) in [6.07, 6.45) is 4.06. The molecule has 0 amide bonds. The van der Waals surface area contributed by atoms with Gasteiger partial charge in [-0.2, -0.15) is 0 Å². The van der Waals surface area contributed by atoms with Crippen LogP contribution in [-0.4, -0.2) is 18.1 Å². The van der Waals surface area contributed by atoms with Gasteiger partial charge in [0.15, 0.2) is 0 Å². The first-order chi connectivity index (χ1) is 7.34. The summed E-state index contributed by atoms with van der Waals surface area (Å²) >= 11 is 0. The lowest BCUT2D eigenvalue weighted by Crippen LogP contribution is -2.41. The van der Waals surface area contributed by atoms with Gasteiger partial charge >= 0.3 is 0 Å². The molecule has 0 bridgehead atoms. The van der Waals surface area contributed by atoms with Gasteiger partial charge in [-0.3, -0.25) is 5.43 Å². The average Bonchev–Trinajstić information content (AvgIpc) is 2.30. The Hall–Kier alpha value is -0.860. The molecule has 0 spiro atoms. The second kappa shape index (κ2) is 5.29. The number of hydrazine groups is 1. The van der Waals surface area contributed by atoms with E-state index >= 15 is 0 Å². The van der Waals surface area contributed by atoms with Crippen LogP contribution >= 0.6 is 0 Å². The molecule has 1 saturated heterocycles. The largest absolute Gasteiger partial charge is 0.251 e. The lowest BCUT2D eigenvalue weighted by molar-refractivity contribution is 0.151. The first-order valence-corrected chi connectivity index (χ1v) is 5.88. The zero-order valence-corrected chi connectivity index (χ0v) is 9.50. The standard InChI is InChI=1S/C13H20N2/c1-12-5-7-13(8-6-12)11-14-15-9-3-2-4-10-15/h5-8,14H,2-4,9-11H2,1H3. The van der Waals surface area contributed by atoms with E-state index in [4.69, 9.17) is 0 Å². The Morgan fingerprint density at radius 3 is 2.40 bits per heavy atom. The SMILES string of the molecule is Cc1ccc(CNN2CCCCC2)cc1. The molecule has 0 aliphatic carbocycles. The highest BCUT2D eigenvalue weighted by atomic mass is 15.5. The van der Waals surface area contributed by atoms with E-state index in [1.54, 1.807) is 0 Å². The van der Waals surface area contributed by atoms with Crippen molar-refractivity contribution in [3.63, 3.8) is 0 Å². The van der Waals surface area contributed by atoms with Crippen molar-refractivity contribution in [2.45, 2.75) is 32.7 Å². The Kier molecular flexibility index (Phi) is 3.75. The smallest absolute Gasteiger partial charge is 0.0353 e. The maximum Gasteiger partial charge on any atom is 0.0353 e. The van der Waals surface area contributed by atoms with Crippen LogP contribution in [0.3, 0.4) is 0 Å². The summed E-state index contributed by atoms with van der Waals surface area (Å²) in [4.78, 5) is 0. The van der Waals surface area contributed by atoms with Crippen LogP contribution in [-0.2, 0) is 6.54 Å². The number of benzene rings is 1. The van der Waals surface area contributed by atoms with E-state index in [-0.39, 0.29) is 0 Å². The molecular formula is C13H20N2. The molecule has 0 aromatic heterocycles. The quantitative estimate of drug-likeness (QED) is 0.813. The van der Waals surface area contributed by atoms with Crippen LogP contribution in [0.2, 0.25) is 0 Å². The second-order valence-electron chi connectivity index (χ2n) is 4.37. The molecule has 2 nitrogen and oxygen atoms in total. The normalized spacial score (nSPS) is 17.9. The predicted octanol–water partition coefficient (Wildman–Crippen LogP) is 2.49. The van der Waals surface area contributed by atoms with Crippen molar-refractivity contribution in [2.24, 2.45) is 0 Å². The molecule has 1 heterocycles. The molecule has 0 saturated carbocycles. The van der Waals surface area contributed by atoms with Gasteiger partial charge in [-0.1, -0.05) is 36.2 Å². The maximum atomic E-state index is 3.49. The molecular weight excluding hydrogens is 184 g/mol. The number of piperidine rings is 1. The number of nitrogens with one attached hydrogen (secondary N) is 1. The summed E-state index contributed by atoms with van der Waals surface area (Å²) in [6, 6.07) is 8.75. The van der Waals surface area contributed by atoms with Gasteiger partial charge in [0.05, 0.1) is 0 Å². The minimum Gasteiger partial charge on any atom is -0.251 e. The zero-order chi connectivity index (χ0) is 10.5. The molecule has 0 unspecified atom stereocenters. The highest BCUT2D eigenvalue weighted by Gasteiger charge is 2.08. The van der Waals surface area contributed by atoms with Crippen LogP contribution in [0.15, 0.2) is 24.3 Å². The molecule has 15 heavy (non-hydrogen) atoms. The van der Waals surface area contributed by atoms with Gasteiger partial charge in [0.25, 0.3) is 0 Å². The van der Waals surface area contributed by atoms with E-state index in [2.05, 4.69) is 41.6 Å². The Morgan fingerprint density at radius 2 is 1.73 bits per heavy atom. The van der Waals surface area contributed by atoms with Crippen molar-refractivity contribution >= 4 is 0 Å². The number of rotatable bonds is 3. The van der Waals surface area contributed by atoms with Crippen molar-refractivity contribution in [3.8, 4) is 0 Å². The van der Waals surface area contributed by atoms with Gasteiger partial charge < -0.3 is 0 Å². The third-order valence-corrected chi connectivity index (χ3v) is 2.98. The van der Waals surface area contributed by atoms with Crippen molar-refractivity contribution < 1.29 is 0 Å². The van der Waals surface area contributed by atoms with Crippen molar-refractivity contribution in [1.29, 1.82) is 0 Å². The van der Waals surface area contributed by atoms with Gasteiger partial charge in [-0.25, -0.2) is 5.01 Å². The van der Waals surface area contributed by atoms with E-state index < -0.39 is 0 Å². The number of hydrogen-bond acceptors (Lipinski definition) is 2. The van der Waals surface area contributed by atoms with Crippen molar-refractivity contribution in [2.75, 3.05) is 13.1 Å². The summed E-state index contributed by atoms with van der Waals surface area (Å²) in [5, 5.41) is 2.35. The van der Waals surface area contributed by atoms with Crippen LogP contribution in [0.25, 0.3) is 0 Å². The van der Waals surface area contributed by atoms with E-state index in [0.29, 0.717) is 0 Å². The van der Waals surface area contributed by atoms with E-state index in [9.17, 15) is 0 Å². The summed E-state index contributed by atoms with van der Waals surface area (Å²) < 4.78 is 0. The zero-order valence-electron chi connectivity index (χ0n) is 9.50. The molecule has 2 heteroatoms. The van der Waals surface area contributed by atoms with Gasteiger partial charge in [-0.05, 0) is 25.3 Å². The first kappa shape index (κ1) is 10.7. The molecule has 0 atom stereocenters. The maximum absolute atomic E-state index is 3.49. The number of hydrogen-bond donors (Lipinski definition) is 1. The minimum atomic E-state index is 0.959. The molecule has 1 N–H and O–H groups in total. The lowest BCUT2D eigenvalue weighted by Gasteiger charge is -2.27. The van der Waals surface area contributed by atoms with E-state index in [1.165, 1.54) is 43.5 Å². The number of aryl methyl sites for hydroxylation is 1. The van der Waals surface area contributed by atoms with Gasteiger partial charge in [0, 0.05) is 19.6 Å². The van der Waals surface area contributed by atoms with Gasteiger partial charge in [-0.15, -0.1) is 0 Å². The van der Waals surface area contributed by atoms with Gasteiger partial charge in [0.2, 0.25) is 0 Å². The molecule has 2 rings (SSSR count). The summed E-state index contributed by atoms with van der Waals surface area (Å²) in [5.41, 5.74) is 6.19. The summed E-state index contributed by atoms with van der Waals surface area (Å²) in [6.45, 7) is 5.49. The van der Waals surface area contributed by atoms with Crippen LogP contribution in [0.1, 0.15) is 30.4 Å². The highest BCUT2D eigenvalue weighted by Crippen LogP contribution is 2.07. The monoisotopic (exact) mass is 204 g/mol. The molecule has 0 radical (unpaired) electrons. The Bertz CT molecular complexity index is 286. The van der Waals surface area contributed by atoms with Crippen LogP contribution < -0.4 is 5.43 Å². The summed E-state index contributed by atoms with van der Waals surface area (Å²) in [5.74, 6) is 0. The van der Waals surface area contributed by atoms with E-state index in [1.807, 2.05) is 0 Å². The number of nitrogens with zero attached hydrogens (tertiary/aromatic N) is 1. The Labute approximate surface area is 92.3 Å². The van der Waals surface area contributed by atoms with E-state index in [0.717, 1.165) is 6.54 Å². The third-order valence-electron chi connectivity index (χ3n) is 2.98.